The van der Waals surface area contributed by atoms with E-state index in [-0.39, 0.29) is 23.2 Å². The van der Waals surface area contributed by atoms with Gasteiger partial charge in [0.25, 0.3) is 5.56 Å². The highest BCUT2D eigenvalue weighted by Gasteiger charge is 2.14. The fourth-order valence-corrected chi connectivity index (χ4v) is 3.93. The molecule has 30 heavy (non-hydrogen) atoms. The number of rotatable bonds is 10. The molecule has 0 saturated heterocycles. The normalized spacial score (nSPS) is 11.2. The second-order valence-corrected chi connectivity index (χ2v) is 8.03. The maximum atomic E-state index is 13.0. The number of benzene rings is 2. The fourth-order valence-electron chi connectivity index (χ4n) is 3.01. The molecule has 0 aliphatic heterocycles. The minimum atomic E-state index is -0.0959. The van der Waals surface area contributed by atoms with Crippen molar-refractivity contribution in [2.24, 2.45) is 0 Å². The van der Waals surface area contributed by atoms with Gasteiger partial charge in [-0.25, -0.2) is 4.98 Å². The van der Waals surface area contributed by atoms with Crippen LogP contribution in [0.2, 0.25) is 0 Å². The second-order valence-electron chi connectivity index (χ2n) is 7.09. The number of ether oxygens (including phenoxy) is 2. The molecule has 0 fully saturated rings. The molecule has 3 aromatic rings. The highest BCUT2D eigenvalue weighted by molar-refractivity contribution is 7.99. The van der Waals surface area contributed by atoms with Crippen LogP contribution in [0.25, 0.3) is 10.9 Å². The van der Waals surface area contributed by atoms with Gasteiger partial charge < -0.3 is 9.47 Å². The monoisotopic (exact) mass is 426 g/mol. The van der Waals surface area contributed by atoms with Gasteiger partial charge in [-0.05, 0) is 44.5 Å². The quantitative estimate of drug-likeness (QED) is 0.209. The van der Waals surface area contributed by atoms with E-state index in [2.05, 4.69) is 4.98 Å². The summed E-state index contributed by atoms with van der Waals surface area (Å²) in [6.45, 7) is 5.01. The average Bonchev–Trinajstić information content (AvgIpc) is 2.76. The van der Waals surface area contributed by atoms with Crippen LogP contribution in [-0.4, -0.2) is 40.9 Å². The summed E-state index contributed by atoms with van der Waals surface area (Å²) in [5.74, 6) is 0.771. The Morgan fingerprint density at radius 3 is 2.73 bits per heavy atom. The molecule has 0 aliphatic rings. The number of ketones is 1. The van der Waals surface area contributed by atoms with Crippen LogP contribution in [-0.2, 0) is 11.3 Å². The second kappa shape index (κ2) is 10.4. The van der Waals surface area contributed by atoms with Crippen LogP contribution < -0.4 is 10.3 Å². The number of para-hydroxylation sites is 1. The molecule has 0 radical (unpaired) electrons. The molecule has 0 amide bonds. The van der Waals surface area contributed by atoms with Gasteiger partial charge in [0.2, 0.25) is 0 Å². The van der Waals surface area contributed by atoms with Crippen molar-refractivity contribution < 1.29 is 14.3 Å². The van der Waals surface area contributed by atoms with Gasteiger partial charge >= 0.3 is 0 Å². The van der Waals surface area contributed by atoms with Crippen LogP contribution in [0.1, 0.15) is 30.6 Å². The van der Waals surface area contributed by atoms with Crippen LogP contribution in [0.3, 0.4) is 0 Å². The summed E-state index contributed by atoms with van der Waals surface area (Å²) >= 11 is 1.28. The fraction of sp³-hybridized carbons (Fsp3) is 0.348. The molecule has 0 saturated carbocycles. The summed E-state index contributed by atoms with van der Waals surface area (Å²) in [7, 11) is 1.57. The molecular formula is C23H26N2O4S. The number of methoxy groups -OCH3 is 1. The zero-order chi connectivity index (χ0) is 21.5. The van der Waals surface area contributed by atoms with Crippen LogP contribution in [0.15, 0.2) is 58.5 Å². The van der Waals surface area contributed by atoms with Crippen molar-refractivity contribution in [2.45, 2.75) is 38.1 Å². The largest absolute Gasteiger partial charge is 0.497 e. The van der Waals surface area contributed by atoms with Crippen molar-refractivity contribution in [1.29, 1.82) is 0 Å². The molecule has 0 aliphatic carbocycles. The van der Waals surface area contributed by atoms with Gasteiger partial charge in [0.05, 0.1) is 29.9 Å². The molecule has 1 aromatic heterocycles. The summed E-state index contributed by atoms with van der Waals surface area (Å²) in [4.78, 5) is 30.4. The average molecular weight is 427 g/mol. The first-order valence-corrected chi connectivity index (χ1v) is 10.9. The first-order valence-electron chi connectivity index (χ1n) is 9.91. The zero-order valence-corrected chi connectivity index (χ0v) is 18.3. The number of hydrogen-bond donors (Lipinski definition) is 0. The Kier molecular flexibility index (Phi) is 7.65. The molecule has 2 aromatic carbocycles. The summed E-state index contributed by atoms with van der Waals surface area (Å²) in [6.07, 6.45) is 0.834. The highest BCUT2D eigenvalue weighted by Crippen LogP contribution is 2.21. The van der Waals surface area contributed by atoms with Gasteiger partial charge in [0.1, 0.15) is 5.75 Å². The number of hydrogen-bond acceptors (Lipinski definition) is 6. The SMILES string of the molecule is COc1cccc(C(=O)CSc2nc3ccccc3c(=O)n2CCCOC(C)C)c1. The van der Waals surface area contributed by atoms with E-state index in [1.54, 1.807) is 42.0 Å². The third-order valence-corrected chi connectivity index (χ3v) is 5.50. The van der Waals surface area contributed by atoms with Crippen molar-refractivity contribution >= 4 is 28.4 Å². The van der Waals surface area contributed by atoms with Gasteiger partial charge in [-0.15, -0.1) is 0 Å². The standard InChI is InChI=1S/C23H26N2O4S/c1-16(2)29-13-7-12-25-22(27)19-10-4-5-11-20(19)24-23(25)30-15-21(26)17-8-6-9-18(14-17)28-3/h4-6,8-11,14,16H,7,12-13,15H2,1-3H3. The molecule has 0 atom stereocenters. The van der Waals surface area contributed by atoms with E-state index in [4.69, 9.17) is 9.47 Å². The number of fused-ring (bicyclic) bond motifs is 1. The van der Waals surface area contributed by atoms with Crippen molar-refractivity contribution in [1.82, 2.24) is 9.55 Å². The molecule has 0 spiro atoms. The molecule has 158 valence electrons. The third-order valence-electron chi connectivity index (χ3n) is 4.53. The topological polar surface area (TPSA) is 70.4 Å². The van der Waals surface area contributed by atoms with Crippen LogP contribution >= 0.6 is 11.8 Å². The Labute approximate surface area is 180 Å². The maximum absolute atomic E-state index is 13.0. The van der Waals surface area contributed by atoms with Crippen LogP contribution in [0, 0.1) is 0 Å². The Morgan fingerprint density at radius 1 is 1.17 bits per heavy atom. The Hall–Kier alpha value is -2.64. The molecule has 0 N–H and O–H groups in total. The first kappa shape index (κ1) is 22.1. The highest BCUT2D eigenvalue weighted by atomic mass is 32.2. The van der Waals surface area contributed by atoms with E-state index in [9.17, 15) is 9.59 Å². The summed E-state index contributed by atoms with van der Waals surface area (Å²) in [6, 6.07) is 14.3. The number of nitrogens with zero attached hydrogens (tertiary/aromatic N) is 2. The van der Waals surface area contributed by atoms with Gasteiger partial charge in [-0.2, -0.15) is 0 Å². The molecule has 0 unspecified atom stereocenters. The third kappa shape index (κ3) is 5.49. The lowest BCUT2D eigenvalue weighted by atomic mass is 10.1. The lowest BCUT2D eigenvalue weighted by Gasteiger charge is -2.14. The first-order chi connectivity index (χ1) is 14.5. The molecule has 1 heterocycles. The zero-order valence-electron chi connectivity index (χ0n) is 17.5. The Bertz CT molecular complexity index is 1080. The minimum absolute atomic E-state index is 0.0454. The smallest absolute Gasteiger partial charge is 0.262 e. The number of Topliss-reactive ketones (excluding diaryl/α,β-unsaturated/α-hetero) is 1. The number of carbonyl (C=O) groups is 1. The summed E-state index contributed by atoms with van der Waals surface area (Å²) in [5.41, 5.74) is 1.11. The van der Waals surface area contributed by atoms with E-state index < -0.39 is 0 Å². The van der Waals surface area contributed by atoms with E-state index in [0.717, 1.165) is 0 Å². The van der Waals surface area contributed by atoms with Crippen molar-refractivity contribution in [2.75, 3.05) is 19.5 Å². The molecular weight excluding hydrogens is 400 g/mol. The van der Waals surface area contributed by atoms with Gasteiger partial charge in [-0.3, -0.25) is 14.2 Å². The van der Waals surface area contributed by atoms with E-state index in [1.807, 2.05) is 32.0 Å². The predicted octanol–water partition coefficient (Wildman–Crippen LogP) is 4.20. The molecule has 7 heteroatoms. The van der Waals surface area contributed by atoms with E-state index in [0.29, 0.717) is 46.9 Å². The van der Waals surface area contributed by atoms with Gasteiger partial charge in [0, 0.05) is 18.7 Å². The Morgan fingerprint density at radius 2 is 1.97 bits per heavy atom. The van der Waals surface area contributed by atoms with Crippen molar-refractivity contribution in [3.05, 3.63) is 64.4 Å². The van der Waals surface area contributed by atoms with Crippen LogP contribution in [0.5, 0.6) is 5.75 Å². The van der Waals surface area contributed by atoms with E-state index >= 15 is 0 Å². The van der Waals surface area contributed by atoms with Gasteiger partial charge in [0.15, 0.2) is 10.9 Å². The number of aromatic nitrogens is 2. The Balaban J connectivity index is 1.82. The minimum Gasteiger partial charge on any atom is -0.497 e. The summed E-state index contributed by atoms with van der Waals surface area (Å²) in [5, 5.41) is 1.12. The number of carbonyl (C=O) groups excluding carboxylic acids is 1. The summed E-state index contributed by atoms with van der Waals surface area (Å²) < 4.78 is 12.4. The lowest BCUT2D eigenvalue weighted by Crippen LogP contribution is -2.24. The number of thioether (sulfide) groups is 1. The molecule has 0 bridgehead atoms. The molecule has 6 nitrogen and oxygen atoms in total. The predicted molar refractivity (Wildman–Crippen MR) is 120 cm³/mol. The van der Waals surface area contributed by atoms with Crippen LogP contribution in [0.4, 0.5) is 0 Å². The van der Waals surface area contributed by atoms with E-state index in [1.165, 1.54) is 11.8 Å². The van der Waals surface area contributed by atoms with Gasteiger partial charge in [-0.1, -0.05) is 36.0 Å². The molecule has 3 rings (SSSR count). The van der Waals surface area contributed by atoms with Crippen molar-refractivity contribution in [3.63, 3.8) is 0 Å². The lowest BCUT2D eigenvalue weighted by molar-refractivity contribution is 0.0743. The maximum Gasteiger partial charge on any atom is 0.262 e. The van der Waals surface area contributed by atoms with Crippen molar-refractivity contribution in [3.8, 4) is 5.75 Å².